The predicted octanol–water partition coefficient (Wildman–Crippen LogP) is 2.47. The van der Waals surface area contributed by atoms with E-state index in [0.717, 1.165) is 10.8 Å². The molecule has 2 rings (SSSR count). The summed E-state index contributed by atoms with van der Waals surface area (Å²) >= 11 is 0. The lowest BCUT2D eigenvalue weighted by Gasteiger charge is -2.16. The van der Waals surface area contributed by atoms with Crippen LogP contribution in [0.2, 0.25) is 0 Å². The van der Waals surface area contributed by atoms with Crippen molar-refractivity contribution in [2.75, 3.05) is 20.2 Å². The van der Waals surface area contributed by atoms with Crippen molar-refractivity contribution >= 4 is 22.6 Å². The number of amides is 1. The van der Waals surface area contributed by atoms with Crippen LogP contribution in [-0.4, -0.2) is 37.0 Å². The summed E-state index contributed by atoms with van der Waals surface area (Å²) < 4.78 is 4.84. The fraction of sp³-hybridized carbons (Fsp3) is 0.250. The largest absolute Gasteiger partial charge is 0.465 e. The second-order valence-corrected chi connectivity index (χ2v) is 4.53. The minimum Gasteiger partial charge on any atom is -0.465 e. The van der Waals surface area contributed by atoms with Gasteiger partial charge in [0, 0.05) is 12.6 Å². The third-order valence-electron chi connectivity index (χ3n) is 3.01. The van der Waals surface area contributed by atoms with Gasteiger partial charge >= 0.3 is 5.97 Å². The minimum atomic E-state index is -0.399. The number of hydrogen-bond donors (Lipinski definition) is 0. The lowest BCUT2D eigenvalue weighted by molar-refractivity contribution is -0.143. The first kappa shape index (κ1) is 14.1. The predicted molar refractivity (Wildman–Crippen MR) is 77.5 cm³/mol. The number of hydrogen-bond acceptors (Lipinski definition) is 3. The Morgan fingerprint density at radius 3 is 2.50 bits per heavy atom. The van der Waals surface area contributed by atoms with Crippen LogP contribution in [0.1, 0.15) is 17.3 Å². The number of ether oxygens (including phenoxy) is 1. The first-order valence-electron chi connectivity index (χ1n) is 6.51. The smallest absolute Gasteiger partial charge is 0.325 e. The Balaban J connectivity index is 2.16. The fourth-order valence-electron chi connectivity index (χ4n) is 2.01. The van der Waals surface area contributed by atoms with E-state index in [1.807, 2.05) is 36.4 Å². The quantitative estimate of drug-likeness (QED) is 0.803. The molecule has 0 bridgehead atoms. The maximum Gasteiger partial charge on any atom is 0.325 e. The highest BCUT2D eigenvalue weighted by molar-refractivity contribution is 5.99. The number of fused-ring (bicyclic) bond motifs is 1. The normalized spacial score (nSPS) is 10.3. The second-order valence-electron chi connectivity index (χ2n) is 4.53. The van der Waals surface area contributed by atoms with Gasteiger partial charge in [-0.05, 0) is 29.8 Å². The van der Waals surface area contributed by atoms with Crippen molar-refractivity contribution in [1.29, 1.82) is 0 Å². The molecule has 0 atom stereocenters. The third-order valence-corrected chi connectivity index (χ3v) is 3.01. The molecule has 0 aliphatic carbocycles. The Labute approximate surface area is 117 Å². The molecule has 0 heterocycles. The van der Waals surface area contributed by atoms with Gasteiger partial charge in [0.15, 0.2) is 0 Å². The molecule has 0 aromatic heterocycles. The molecular formula is C16H17NO3. The Hall–Kier alpha value is -2.36. The zero-order valence-corrected chi connectivity index (χ0v) is 11.6. The number of carbonyl (C=O) groups is 2. The topological polar surface area (TPSA) is 46.6 Å². The zero-order chi connectivity index (χ0) is 14.5. The van der Waals surface area contributed by atoms with Crippen LogP contribution in [0.5, 0.6) is 0 Å². The molecule has 2 aromatic rings. The highest BCUT2D eigenvalue weighted by atomic mass is 16.5. The summed E-state index contributed by atoms with van der Waals surface area (Å²) in [6.45, 7) is 2.01. The summed E-state index contributed by atoms with van der Waals surface area (Å²) in [5.41, 5.74) is 0.565. The van der Waals surface area contributed by atoms with Crippen molar-refractivity contribution in [3.63, 3.8) is 0 Å². The highest BCUT2D eigenvalue weighted by Gasteiger charge is 2.15. The molecule has 20 heavy (non-hydrogen) atoms. The van der Waals surface area contributed by atoms with Crippen LogP contribution in [0, 0.1) is 0 Å². The van der Waals surface area contributed by atoms with Crippen molar-refractivity contribution in [2.45, 2.75) is 6.92 Å². The lowest BCUT2D eigenvalue weighted by atomic mass is 10.1. The van der Waals surface area contributed by atoms with Crippen molar-refractivity contribution < 1.29 is 14.3 Å². The number of likely N-dealkylation sites (N-methyl/N-ethyl adjacent to an activating group) is 1. The first-order valence-corrected chi connectivity index (χ1v) is 6.51. The molecule has 104 valence electrons. The molecule has 1 amide bonds. The van der Waals surface area contributed by atoms with Gasteiger partial charge in [0.1, 0.15) is 6.54 Å². The number of benzene rings is 2. The van der Waals surface area contributed by atoms with E-state index in [9.17, 15) is 9.59 Å². The molecule has 4 nitrogen and oxygen atoms in total. The fourth-order valence-corrected chi connectivity index (χ4v) is 2.01. The van der Waals surface area contributed by atoms with Crippen LogP contribution >= 0.6 is 0 Å². The Kier molecular flexibility index (Phi) is 4.35. The summed E-state index contributed by atoms with van der Waals surface area (Å²) in [5.74, 6) is -0.590. The number of esters is 1. The zero-order valence-electron chi connectivity index (χ0n) is 11.6. The molecule has 0 unspecified atom stereocenters. The van der Waals surface area contributed by atoms with Gasteiger partial charge in [0.25, 0.3) is 5.91 Å². The van der Waals surface area contributed by atoms with E-state index >= 15 is 0 Å². The Bertz CT molecular complexity index is 636. The van der Waals surface area contributed by atoms with Crippen molar-refractivity contribution in [2.24, 2.45) is 0 Å². The van der Waals surface area contributed by atoms with Gasteiger partial charge in [-0.25, -0.2) is 0 Å². The van der Waals surface area contributed by atoms with Crippen molar-refractivity contribution in [3.05, 3.63) is 48.0 Å². The van der Waals surface area contributed by atoms with Gasteiger partial charge in [-0.3, -0.25) is 9.59 Å². The van der Waals surface area contributed by atoms with E-state index in [0.29, 0.717) is 12.2 Å². The van der Waals surface area contributed by atoms with Gasteiger partial charge in [-0.1, -0.05) is 30.3 Å². The molecule has 0 saturated carbocycles. The standard InChI is InChI=1S/C16H17NO3/c1-3-20-15(18)11-17(2)16(19)14-9-8-12-6-4-5-7-13(12)10-14/h4-10H,3,11H2,1-2H3. The third kappa shape index (κ3) is 3.15. The summed E-state index contributed by atoms with van der Waals surface area (Å²) in [5, 5.41) is 2.08. The first-order chi connectivity index (χ1) is 9.61. The van der Waals surface area contributed by atoms with E-state index < -0.39 is 5.97 Å². The lowest BCUT2D eigenvalue weighted by Crippen LogP contribution is -2.33. The van der Waals surface area contributed by atoms with E-state index in [2.05, 4.69) is 0 Å². The SMILES string of the molecule is CCOC(=O)CN(C)C(=O)c1ccc2ccccc2c1. The maximum absolute atomic E-state index is 12.2. The average Bonchev–Trinajstić information content (AvgIpc) is 2.46. The molecule has 2 aromatic carbocycles. The van der Waals surface area contributed by atoms with E-state index in [1.165, 1.54) is 4.90 Å². The summed E-state index contributed by atoms with van der Waals surface area (Å²) in [6.07, 6.45) is 0. The number of carbonyl (C=O) groups excluding carboxylic acids is 2. The molecule has 0 N–H and O–H groups in total. The van der Waals surface area contributed by atoms with Crippen LogP contribution in [0.4, 0.5) is 0 Å². The number of nitrogens with zero attached hydrogens (tertiary/aromatic N) is 1. The van der Waals surface area contributed by atoms with Gasteiger partial charge in [0.05, 0.1) is 6.61 Å². The maximum atomic E-state index is 12.2. The van der Waals surface area contributed by atoms with Crippen molar-refractivity contribution in [3.8, 4) is 0 Å². The second kappa shape index (κ2) is 6.19. The molecule has 4 heteroatoms. The van der Waals surface area contributed by atoms with E-state index in [-0.39, 0.29) is 12.5 Å². The molecule has 0 aliphatic rings. The minimum absolute atomic E-state index is 0.0422. The van der Waals surface area contributed by atoms with Crippen molar-refractivity contribution in [1.82, 2.24) is 4.90 Å². The molecule has 0 aliphatic heterocycles. The number of rotatable bonds is 4. The summed E-state index contributed by atoms with van der Waals surface area (Å²) in [7, 11) is 1.59. The monoisotopic (exact) mass is 271 g/mol. The van der Waals surface area contributed by atoms with Crippen LogP contribution in [0.25, 0.3) is 10.8 Å². The van der Waals surface area contributed by atoms with Gasteiger partial charge in [0.2, 0.25) is 0 Å². The molecule has 0 fully saturated rings. The molecule has 0 saturated heterocycles. The average molecular weight is 271 g/mol. The van der Waals surface area contributed by atoms with Gasteiger partial charge in [-0.15, -0.1) is 0 Å². The van der Waals surface area contributed by atoms with Crippen LogP contribution in [0.3, 0.4) is 0 Å². The van der Waals surface area contributed by atoms with E-state index in [4.69, 9.17) is 4.74 Å². The highest BCUT2D eigenvalue weighted by Crippen LogP contribution is 2.16. The molecule has 0 spiro atoms. The molecule has 0 radical (unpaired) electrons. The van der Waals surface area contributed by atoms with E-state index in [1.54, 1.807) is 20.0 Å². The van der Waals surface area contributed by atoms with Crippen LogP contribution in [0.15, 0.2) is 42.5 Å². The Morgan fingerprint density at radius 2 is 1.80 bits per heavy atom. The van der Waals surface area contributed by atoms with Gasteiger partial charge in [-0.2, -0.15) is 0 Å². The van der Waals surface area contributed by atoms with Gasteiger partial charge < -0.3 is 9.64 Å². The molecular weight excluding hydrogens is 254 g/mol. The Morgan fingerprint density at radius 1 is 1.10 bits per heavy atom. The van der Waals surface area contributed by atoms with Crippen LogP contribution in [-0.2, 0) is 9.53 Å². The van der Waals surface area contributed by atoms with Crippen LogP contribution < -0.4 is 0 Å². The summed E-state index contributed by atoms with van der Waals surface area (Å²) in [4.78, 5) is 25.0. The summed E-state index contributed by atoms with van der Waals surface area (Å²) in [6, 6.07) is 13.3.